The summed E-state index contributed by atoms with van der Waals surface area (Å²) >= 11 is 0. The maximum atomic E-state index is 12.7. The van der Waals surface area contributed by atoms with Crippen LogP contribution in [-0.2, 0) is 10.0 Å². The van der Waals surface area contributed by atoms with Crippen molar-refractivity contribution in [3.8, 4) is 5.69 Å². The smallest absolute Gasteiger partial charge is 0.369 e. The Morgan fingerprint density at radius 3 is 2.47 bits per heavy atom. The lowest BCUT2D eigenvalue weighted by atomic mass is 9.98. The number of alkyl halides is 3. The Morgan fingerprint density at radius 2 is 1.80 bits per heavy atom. The van der Waals surface area contributed by atoms with Crippen molar-refractivity contribution < 1.29 is 21.6 Å². The van der Waals surface area contributed by atoms with Crippen molar-refractivity contribution in [3.63, 3.8) is 0 Å². The van der Waals surface area contributed by atoms with Crippen LogP contribution < -0.4 is 5.32 Å². The van der Waals surface area contributed by atoms with E-state index in [9.17, 15) is 21.6 Å². The molecule has 160 valence electrons. The molecule has 0 bridgehead atoms. The van der Waals surface area contributed by atoms with E-state index < -0.39 is 15.5 Å². The average molecular weight is 440 g/mol. The highest BCUT2D eigenvalue weighted by Gasteiger charge is 2.50. The number of sulfonamides is 1. The number of fused-ring (bicyclic) bond motifs is 1. The van der Waals surface area contributed by atoms with Gasteiger partial charge in [-0.15, -0.1) is 0 Å². The predicted octanol–water partition coefficient (Wildman–Crippen LogP) is 2.79. The van der Waals surface area contributed by atoms with Crippen LogP contribution in [0.1, 0.15) is 12.8 Å². The summed E-state index contributed by atoms with van der Waals surface area (Å²) in [4.78, 5) is 8.56. The van der Waals surface area contributed by atoms with E-state index in [4.69, 9.17) is 0 Å². The van der Waals surface area contributed by atoms with Gasteiger partial charge >= 0.3 is 15.5 Å². The third kappa shape index (κ3) is 3.84. The van der Waals surface area contributed by atoms with Crippen molar-refractivity contribution in [3.05, 3.63) is 42.9 Å². The summed E-state index contributed by atoms with van der Waals surface area (Å²) in [5.74, 6) is 0.603. The van der Waals surface area contributed by atoms with Crippen LogP contribution in [0.15, 0.2) is 42.9 Å². The molecule has 1 fully saturated rings. The first-order valence-electron chi connectivity index (χ1n) is 9.32. The summed E-state index contributed by atoms with van der Waals surface area (Å²) in [5, 5.41) is 8.31. The number of para-hydroxylation sites is 1. The van der Waals surface area contributed by atoms with Gasteiger partial charge in [0.15, 0.2) is 5.65 Å². The van der Waals surface area contributed by atoms with Gasteiger partial charge in [-0.1, -0.05) is 18.2 Å². The molecule has 2 aromatic heterocycles. The van der Waals surface area contributed by atoms with E-state index >= 15 is 0 Å². The minimum absolute atomic E-state index is 0.0267. The maximum absolute atomic E-state index is 12.7. The van der Waals surface area contributed by atoms with Crippen LogP contribution in [0.5, 0.6) is 0 Å². The molecular formula is C18H19F3N6O2S. The zero-order valence-corrected chi connectivity index (χ0v) is 16.6. The van der Waals surface area contributed by atoms with E-state index in [2.05, 4.69) is 20.4 Å². The SMILES string of the molecule is O=S(=O)(N1CCC(CNc2ncnc3c2cnn3-c2ccccc2)CC1)C(F)(F)F. The first kappa shape index (κ1) is 20.5. The van der Waals surface area contributed by atoms with Gasteiger partial charge in [0.05, 0.1) is 17.3 Å². The number of piperidine rings is 1. The molecule has 0 radical (unpaired) electrons. The molecule has 1 saturated heterocycles. The van der Waals surface area contributed by atoms with E-state index in [0.717, 1.165) is 11.1 Å². The van der Waals surface area contributed by atoms with Gasteiger partial charge in [-0.2, -0.15) is 22.6 Å². The highest BCUT2D eigenvalue weighted by molar-refractivity contribution is 7.90. The first-order valence-corrected chi connectivity index (χ1v) is 10.8. The molecule has 3 aromatic rings. The fraction of sp³-hybridized carbons (Fsp3) is 0.389. The fourth-order valence-electron chi connectivity index (χ4n) is 3.48. The van der Waals surface area contributed by atoms with Crippen LogP contribution in [0.2, 0.25) is 0 Å². The second-order valence-electron chi connectivity index (χ2n) is 7.03. The summed E-state index contributed by atoms with van der Waals surface area (Å²) in [6, 6.07) is 9.51. The Morgan fingerprint density at radius 1 is 1.10 bits per heavy atom. The minimum atomic E-state index is -5.26. The normalized spacial score (nSPS) is 16.8. The highest BCUT2D eigenvalue weighted by atomic mass is 32.2. The molecule has 3 heterocycles. The predicted molar refractivity (Wildman–Crippen MR) is 104 cm³/mol. The molecule has 8 nitrogen and oxygen atoms in total. The molecule has 1 aliphatic rings. The molecule has 0 saturated carbocycles. The Balaban J connectivity index is 1.43. The number of nitrogens with one attached hydrogen (secondary N) is 1. The molecular weight excluding hydrogens is 421 g/mol. The monoisotopic (exact) mass is 440 g/mol. The first-order chi connectivity index (χ1) is 14.3. The topological polar surface area (TPSA) is 93.0 Å². The summed E-state index contributed by atoms with van der Waals surface area (Å²) in [5.41, 5.74) is -3.77. The molecule has 12 heteroatoms. The van der Waals surface area contributed by atoms with Gasteiger partial charge in [0.2, 0.25) is 0 Å². The summed E-state index contributed by atoms with van der Waals surface area (Å²) in [6.07, 6.45) is 3.74. The van der Waals surface area contributed by atoms with Crippen molar-refractivity contribution in [1.82, 2.24) is 24.1 Å². The highest BCUT2D eigenvalue weighted by Crippen LogP contribution is 2.30. The third-order valence-electron chi connectivity index (χ3n) is 5.13. The van der Waals surface area contributed by atoms with E-state index in [1.807, 2.05) is 30.3 Å². The Kier molecular flexibility index (Phi) is 5.36. The second-order valence-corrected chi connectivity index (χ2v) is 8.96. The zero-order chi connectivity index (χ0) is 21.4. The standard InChI is InChI=1S/C18H19F3N6O2S/c19-18(20,21)30(28,29)26-8-6-13(7-9-26)10-22-16-15-11-25-27(17(15)24-12-23-16)14-4-2-1-3-5-14/h1-5,11-13H,6-10H2,(H,22,23,24). The average Bonchev–Trinajstić information content (AvgIpc) is 3.17. The van der Waals surface area contributed by atoms with Gasteiger partial charge < -0.3 is 5.32 Å². The molecule has 0 spiro atoms. The van der Waals surface area contributed by atoms with Crippen molar-refractivity contribution in [2.75, 3.05) is 25.0 Å². The molecule has 0 unspecified atom stereocenters. The quantitative estimate of drug-likeness (QED) is 0.656. The molecule has 1 aromatic carbocycles. The zero-order valence-electron chi connectivity index (χ0n) is 15.7. The van der Waals surface area contributed by atoms with E-state index in [-0.39, 0.29) is 19.0 Å². The van der Waals surface area contributed by atoms with Crippen molar-refractivity contribution in [1.29, 1.82) is 0 Å². The lowest BCUT2D eigenvalue weighted by Gasteiger charge is -2.31. The molecule has 0 atom stereocenters. The number of benzene rings is 1. The van der Waals surface area contributed by atoms with E-state index in [0.29, 0.717) is 35.2 Å². The van der Waals surface area contributed by atoms with Gasteiger partial charge in [0.1, 0.15) is 12.1 Å². The van der Waals surface area contributed by atoms with E-state index in [1.165, 1.54) is 6.33 Å². The summed E-state index contributed by atoms with van der Waals surface area (Å²) in [7, 11) is -5.26. The van der Waals surface area contributed by atoms with Crippen LogP contribution in [-0.4, -0.2) is 57.6 Å². The number of rotatable bonds is 5. The number of halogens is 3. The molecule has 0 amide bonds. The molecule has 30 heavy (non-hydrogen) atoms. The van der Waals surface area contributed by atoms with Crippen molar-refractivity contribution in [2.45, 2.75) is 18.3 Å². The maximum Gasteiger partial charge on any atom is 0.511 e. The molecule has 4 rings (SSSR count). The number of anilines is 1. The lowest BCUT2D eigenvalue weighted by Crippen LogP contribution is -2.45. The molecule has 0 aliphatic carbocycles. The van der Waals surface area contributed by atoms with Crippen LogP contribution in [0.3, 0.4) is 0 Å². The minimum Gasteiger partial charge on any atom is -0.369 e. The van der Waals surface area contributed by atoms with Crippen molar-refractivity contribution >= 4 is 26.9 Å². The van der Waals surface area contributed by atoms with Crippen LogP contribution in [0, 0.1) is 5.92 Å². The van der Waals surface area contributed by atoms with Crippen LogP contribution in [0.4, 0.5) is 19.0 Å². The van der Waals surface area contributed by atoms with Gasteiger partial charge in [-0.05, 0) is 30.9 Å². The van der Waals surface area contributed by atoms with Crippen LogP contribution >= 0.6 is 0 Å². The second kappa shape index (κ2) is 7.84. The number of aromatic nitrogens is 4. The lowest BCUT2D eigenvalue weighted by molar-refractivity contribution is -0.0496. The largest absolute Gasteiger partial charge is 0.511 e. The molecule has 1 aliphatic heterocycles. The van der Waals surface area contributed by atoms with Crippen LogP contribution in [0.25, 0.3) is 16.7 Å². The third-order valence-corrected chi connectivity index (χ3v) is 6.76. The van der Waals surface area contributed by atoms with Gasteiger partial charge in [0, 0.05) is 19.6 Å². The Labute approximate surface area is 170 Å². The summed E-state index contributed by atoms with van der Waals surface area (Å²) in [6.45, 7) is 0.154. The summed E-state index contributed by atoms with van der Waals surface area (Å²) < 4.78 is 63.3. The van der Waals surface area contributed by atoms with Gasteiger partial charge in [-0.3, -0.25) is 0 Å². The Hall–Kier alpha value is -2.73. The number of nitrogens with zero attached hydrogens (tertiary/aromatic N) is 5. The van der Waals surface area contributed by atoms with Gasteiger partial charge in [-0.25, -0.2) is 23.1 Å². The number of hydrogen-bond donors (Lipinski definition) is 1. The van der Waals surface area contributed by atoms with E-state index in [1.54, 1.807) is 10.9 Å². The number of hydrogen-bond acceptors (Lipinski definition) is 6. The van der Waals surface area contributed by atoms with Gasteiger partial charge in [0.25, 0.3) is 0 Å². The van der Waals surface area contributed by atoms with Crippen molar-refractivity contribution in [2.24, 2.45) is 5.92 Å². The fourth-order valence-corrected chi connectivity index (χ4v) is 4.47. The Bertz CT molecular complexity index is 1130. The molecule has 1 N–H and O–H groups in total.